The fourth-order valence-electron chi connectivity index (χ4n) is 2.36. The Morgan fingerprint density at radius 1 is 1.08 bits per heavy atom. The summed E-state index contributed by atoms with van der Waals surface area (Å²) in [7, 11) is 0. The van der Waals surface area contributed by atoms with Gasteiger partial charge >= 0.3 is 12.0 Å². The highest BCUT2D eigenvalue weighted by molar-refractivity contribution is 5.95. The van der Waals surface area contributed by atoms with Crippen molar-refractivity contribution in [1.29, 1.82) is 0 Å². The summed E-state index contributed by atoms with van der Waals surface area (Å²) in [5.74, 6) is -1.25. The number of carbonyl (C=O) groups excluding carboxylic acids is 2. The number of nitrogens with one attached hydrogen (secondary N) is 3. The van der Waals surface area contributed by atoms with Gasteiger partial charge in [-0.25, -0.2) is 4.79 Å². The number of anilines is 1. The molecule has 0 atom stereocenters. The third kappa shape index (κ3) is 5.77. The largest absolute Gasteiger partial charge is 0.481 e. The van der Waals surface area contributed by atoms with Crippen molar-refractivity contribution in [3.05, 3.63) is 29.8 Å². The maximum atomic E-state index is 12.2. The monoisotopic (exact) mass is 349 g/mol. The fraction of sp³-hybridized carbons (Fsp3) is 0.500. The predicted molar refractivity (Wildman–Crippen MR) is 96.7 cm³/mol. The third-order valence-electron chi connectivity index (χ3n) is 4.22. The second-order valence-corrected chi connectivity index (χ2v) is 6.31. The number of hydrogen-bond donors (Lipinski definition) is 4. The standard InChI is InChI=1S/C18H27N3O4/c1-5-18(6-2,16(23)24)11-19-15(22)13-7-9-14(10-8-13)21-17(25)20-12(3)4/h7-10,12H,5-6,11H2,1-4H3,(H,19,22)(H,23,24)(H2,20,21,25). The van der Waals surface area contributed by atoms with Crippen molar-refractivity contribution in [1.82, 2.24) is 10.6 Å². The molecule has 0 radical (unpaired) electrons. The molecule has 0 saturated heterocycles. The van der Waals surface area contributed by atoms with Crippen LogP contribution in [0.5, 0.6) is 0 Å². The van der Waals surface area contributed by atoms with Crippen LogP contribution < -0.4 is 16.0 Å². The van der Waals surface area contributed by atoms with Crippen LogP contribution in [0.15, 0.2) is 24.3 Å². The molecule has 0 aliphatic rings. The maximum Gasteiger partial charge on any atom is 0.319 e. The van der Waals surface area contributed by atoms with Gasteiger partial charge in [-0.1, -0.05) is 13.8 Å². The van der Waals surface area contributed by atoms with Crippen LogP contribution in [0.4, 0.5) is 10.5 Å². The molecule has 3 amide bonds. The molecule has 0 aromatic heterocycles. The molecule has 0 aliphatic carbocycles. The number of amides is 3. The van der Waals surface area contributed by atoms with Gasteiger partial charge < -0.3 is 21.1 Å². The number of hydrogen-bond acceptors (Lipinski definition) is 3. The summed E-state index contributed by atoms with van der Waals surface area (Å²) in [5.41, 5.74) is 0.0181. The quantitative estimate of drug-likeness (QED) is 0.579. The van der Waals surface area contributed by atoms with Crippen molar-refractivity contribution in [2.24, 2.45) is 5.41 Å². The van der Waals surface area contributed by atoms with Crippen LogP contribution in [0.25, 0.3) is 0 Å². The molecule has 1 aromatic rings. The zero-order valence-corrected chi connectivity index (χ0v) is 15.2. The molecule has 7 heteroatoms. The van der Waals surface area contributed by atoms with Crippen LogP contribution in [0, 0.1) is 5.41 Å². The van der Waals surface area contributed by atoms with Crippen molar-refractivity contribution in [2.75, 3.05) is 11.9 Å². The molecule has 25 heavy (non-hydrogen) atoms. The predicted octanol–water partition coefficient (Wildman–Crippen LogP) is 2.84. The van der Waals surface area contributed by atoms with Gasteiger partial charge in [0, 0.05) is 23.8 Å². The summed E-state index contributed by atoms with van der Waals surface area (Å²) >= 11 is 0. The molecule has 138 valence electrons. The Kier molecular flexibility index (Phi) is 7.42. The Balaban J connectivity index is 2.68. The minimum atomic E-state index is -0.952. The lowest BCUT2D eigenvalue weighted by Gasteiger charge is -2.26. The van der Waals surface area contributed by atoms with Crippen molar-refractivity contribution in [3.8, 4) is 0 Å². The summed E-state index contributed by atoms with van der Waals surface area (Å²) in [4.78, 5) is 35.3. The summed E-state index contributed by atoms with van der Waals surface area (Å²) in [5, 5.41) is 17.5. The third-order valence-corrected chi connectivity index (χ3v) is 4.22. The van der Waals surface area contributed by atoms with Crippen LogP contribution in [0.2, 0.25) is 0 Å². The molecule has 0 bridgehead atoms. The molecule has 0 aliphatic heterocycles. The molecule has 0 saturated carbocycles. The van der Waals surface area contributed by atoms with E-state index in [-0.39, 0.29) is 24.5 Å². The van der Waals surface area contributed by atoms with Gasteiger partial charge in [0.2, 0.25) is 0 Å². The minimum absolute atomic E-state index is 0.0247. The van der Waals surface area contributed by atoms with E-state index in [1.807, 2.05) is 13.8 Å². The van der Waals surface area contributed by atoms with Crippen molar-refractivity contribution >= 4 is 23.6 Å². The van der Waals surface area contributed by atoms with Gasteiger partial charge in [-0.3, -0.25) is 9.59 Å². The van der Waals surface area contributed by atoms with Gasteiger partial charge in [0.15, 0.2) is 0 Å². The van der Waals surface area contributed by atoms with Gasteiger partial charge in [0.05, 0.1) is 5.41 Å². The number of urea groups is 1. The first-order chi connectivity index (χ1) is 11.7. The van der Waals surface area contributed by atoms with Gasteiger partial charge in [0.25, 0.3) is 5.91 Å². The van der Waals surface area contributed by atoms with Crippen LogP contribution in [-0.4, -0.2) is 35.6 Å². The van der Waals surface area contributed by atoms with E-state index in [1.165, 1.54) is 0 Å². The maximum absolute atomic E-state index is 12.2. The molecule has 0 heterocycles. The Labute approximate surface area is 148 Å². The highest BCUT2D eigenvalue weighted by atomic mass is 16.4. The highest BCUT2D eigenvalue weighted by Crippen LogP contribution is 2.25. The second-order valence-electron chi connectivity index (χ2n) is 6.31. The summed E-state index contributed by atoms with van der Waals surface area (Å²) in [6, 6.07) is 6.13. The fourth-order valence-corrected chi connectivity index (χ4v) is 2.36. The van der Waals surface area contributed by atoms with Crippen LogP contribution in [-0.2, 0) is 4.79 Å². The Hall–Kier alpha value is -2.57. The van der Waals surface area contributed by atoms with Crippen LogP contribution >= 0.6 is 0 Å². The zero-order valence-electron chi connectivity index (χ0n) is 15.2. The van der Waals surface area contributed by atoms with E-state index in [0.29, 0.717) is 24.1 Å². The number of carbonyl (C=O) groups is 3. The SMILES string of the molecule is CCC(CC)(CNC(=O)c1ccc(NC(=O)NC(C)C)cc1)C(=O)O. The molecular formula is C18H27N3O4. The number of rotatable bonds is 8. The van der Waals surface area contributed by atoms with E-state index in [2.05, 4.69) is 16.0 Å². The van der Waals surface area contributed by atoms with E-state index in [0.717, 1.165) is 0 Å². The molecule has 0 unspecified atom stereocenters. The summed E-state index contributed by atoms with van der Waals surface area (Å²) in [6.45, 7) is 7.39. The first-order valence-corrected chi connectivity index (χ1v) is 8.43. The lowest BCUT2D eigenvalue weighted by molar-refractivity contribution is -0.149. The Morgan fingerprint density at radius 3 is 2.08 bits per heavy atom. The van der Waals surface area contributed by atoms with Crippen molar-refractivity contribution in [3.63, 3.8) is 0 Å². The zero-order chi connectivity index (χ0) is 19.0. The lowest BCUT2D eigenvalue weighted by atomic mass is 9.82. The number of aliphatic carboxylic acids is 1. The summed E-state index contributed by atoms with van der Waals surface area (Å²) < 4.78 is 0. The van der Waals surface area contributed by atoms with E-state index >= 15 is 0 Å². The van der Waals surface area contributed by atoms with Crippen LogP contribution in [0.1, 0.15) is 50.9 Å². The van der Waals surface area contributed by atoms with E-state index in [9.17, 15) is 19.5 Å². The second kappa shape index (κ2) is 9.05. The first kappa shape index (κ1) is 20.5. The van der Waals surface area contributed by atoms with Crippen molar-refractivity contribution < 1.29 is 19.5 Å². The number of benzene rings is 1. The first-order valence-electron chi connectivity index (χ1n) is 8.43. The number of carboxylic acids is 1. The van der Waals surface area contributed by atoms with E-state index in [1.54, 1.807) is 38.1 Å². The van der Waals surface area contributed by atoms with Gasteiger partial charge in [-0.05, 0) is 51.0 Å². The van der Waals surface area contributed by atoms with Gasteiger partial charge in [-0.2, -0.15) is 0 Å². The molecule has 4 N–H and O–H groups in total. The molecule has 0 fully saturated rings. The number of carboxylic acid groups (broad SMARTS) is 1. The van der Waals surface area contributed by atoms with Gasteiger partial charge in [-0.15, -0.1) is 0 Å². The molecular weight excluding hydrogens is 322 g/mol. The molecule has 0 spiro atoms. The Morgan fingerprint density at radius 2 is 1.64 bits per heavy atom. The van der Waals surface area contributed by atoms with Gasteiger partial charge in [0.1, 0.15) is 0 Å². The van der Waals surface area contributed by atoms with E-state index in [4.69, 9.17) is 0 Å². The summed E-state index contributed by atoms with van der Waals surface area (Å²) in [6.07, 6.45) is 0.875. The minimum Gasteiger partial charge on any atom is -0.481 e. The normalized spacial score (nSPS) is 11.1. The van der Waals surface area contributed by atoms with Crippen molar-refractivity contribution in [2.45, 2.75) is 46.6 Å². The topological polar surface area (TPSA) is 108 Å². The highest BCUT2D eigenvalue weighted by Gasteiger charge is 2.35. The molecule has 7 nitrogen and oxygen atoms in total. The van der Waals surface area contributed by atoms with Crippen LogP contribution in [0.3, 0.4) is 0 Å². The molecule has 1 aromatic carbocycles. The smallest absolute Gasteiger partial charge is 0.319 e. The Bertz CT molecular complexity index is 607. The average molecular weight is 349 g/mol. The van der Waals surface area contributed by atoms with E-state index < -0.39 is 11.4 Å². The average Bonchev–Trinajstić information content (AvgIpc) is 2.55. The molecule has 1 rings (SSSR count). The lowest BCUT2D eigenvalue weighted by Crippen LogP contribution is -2.42.